The van der Waals surface area contributed by atoms with Crippen molar-refractivity contribution >= 4 is 71.2 Å². The minimum atomic E-state index is 1.09. The molecule has 0 saturated heterocycles. The van der Waals surface area contributed by atoms with Gasteiger partial charge >= 0.3 is 0 Å². The Bertz CT molecular complexity index is 3600. The van der Waals surface area contributed by atoms with E-state index in [0.29, 0.717) is 0 Å². The van der Waals surface area contributed by atoms with E-state index in [1.807, 2.05) is 0 Å². The number of aryl methyl sites for hydroxylation is 1. The maximum Gasteiger partial charge on any atom is 0.0542 e. The van der Waals surface area contributed by atoms with Gasteiger partial charge in [-0.1, -0.05) is 169 Å². The fourth-order valence-electron chi connectivity index (χ4n) is 9.87. The molecule has 0 N–H and O–H groups in total. The lowest BCUT2D eigenvalue weighted by Gasteiger charge is -2.26. The first-order chi connectivity index (χ1) is 31.2. The Morgan fingerprint density at radius 2 is 0.762 bits per heavy atom. The number of fused-ring (bicyclic) bond motifs is 6. The maximum absolute atomic E-state index is 2.41. The summed E-state index contributed by atoms with van der Waals surface area (Å²) in [6.07, 6.45) is 0. The summed E-state index contributed by atoms with van der Waals surface area (Å²) < 4.78 is 2.39. The van der Waals surface area contributed by atoms with Gasteiger partial charge in [0.25, 0.3) is 0 Å². The van der Waals surface area contributed by atoms with Gasteiger partial charge < -0.3 is 9.47 Å². The van der Waals surface area contributed by atoms with E-state index in [2.05, 4.69) is 253 Å². The van der Waals surface area contributed by atoms with Gasteiger partial charge in [0.1, 0.15) is 0 Å². The van der Waals surface area contributed by atoms with Crippen molar-refractivity contribution in [1.29, 1.82) is 0 Å². The maximum atomic E-state index is 2.41. The summed E-state index contributed by atoms with van der Waals surface area (Å²) in [4.78, 5) is 2.41. The molecular weight excluding hydrogens is 761 g/mol. The molecule has 12 rings (SSSR count). The van der Waals surface area contributed by atoms with Gasteiger partial charge in [-0.2, -0.15) is 0 Å². The number of hydrogen-bond donors (Lipinski definition) is 0. The first-order valence-corrected chi connectivity index (χ1v) is 21.8. The van der Waals surface area contributed by atoms with Crippen LogP contribution >= 0.6 is 0 Å². The topological polar surface area (TPSA) is 8.17 Å². The van der Waals surface area contributed by atoms with Crippen molar-refractivity contribution in [3.05, 3.63) is 242 Å². The first-order valence-electron chi connectivity index (χ1n) is 21.8. The van der Waals surface area contributed by atoms with E-state index in [4.69, 9.17) is 0 Å². The molecule has 0 unspecified atom stereocenters. The standard InChI is InChI=1S/C61H42N2/c1-41-24-36-58-56(38-41)57-40-51(35-37-59(57)63(58)48-18-6-3-7-19-48)62(49-31-27-43(28-32-49)47-26-25-42-14-8-9-17-46(42)39-47)50-33-29-45(30-34-50)61-54-22-12-10-20-52(54)60(44-15-4-2-5-16-44)53-21-11-13-23-55(53)61/h2-40H,1H3. The van der Waals surface area contributed by atoms with E-state index >= 15 is 0 Å². The molecule has 12 aromatic rings. The fraction of sp³-hybridized carbons (Fsp3) is 0.0164. The average molecular weight is 803 g/mol. The van der Waals surface area contributed by atoms with Crippen molar-refractivity contribution < 1.29 is 0 Å². The van der Waals surface area contributed by atoms with Crippen molar-refractivity contribution in [2.24, 2.45) is 0 Å². The van der Waals surface area contributed by atoms with E-state index in [-0.39, 0.29) is 0 Å². The second-order valence-electron chi connectivity index (χ2n) is 16.6. The molecule has 0 fully saturated rings. The molecule has 0 bridgehead atoms. The Hall–Kier alpha value is -8.20. The van der Waals surface area contributed by atoms with Gasteiger partial charge in [0, 0.05) is 33.5 Å². The Balaban J connectivity index is 1.03. The minimum absolute atomic E-state index is 1.09. The van der Waals surface area contributed by atoms with Gasteiger partial charge in [0.05, 0.1) is 11.0 Å². The van der Waals surface area contributed by atoms with Gasteiger partial charge in [-0.15, -0.1) is 0 Å². The van der Waals surface area contributed by atoms with E-state index in [1.54, 1.807) is 0 Å². The number of rotatable bonds is 7. The van der Waals surface area contributed by atoms with Crippen LogP contribution < -0.4 is 4.90 Å². The molecule has 0 saturated carbocycles. The Kier molecular flexibility index (Phi) is 8.76. The van der Waals surface area contributed by atoms with E-state index in [0.717, 1.165) is 22.7 Å². The molecule has 0 atom stereocenters. The summed E-state index contributed by atoms with van der Waals surface area (Å²) in [7, 11) is 0. The summed E-state index contributed by atoms with van der Waals surface area (Å²) in [5.41, 5.74) is 15.4. The van der Waals surface area contributed by atoms with Crippen LogP contribution in [0.25, 0.3) is 93.2 Å². The van der Waals surface area contributed by atoms with Crippen molar-refractivity contribution in [2.45, 2.75) is 6.92 Å². The Labute approximate surface area is 367 Å². The van der Waals surface area contributed by atoms with Crippen LogP contribution in [0, 0.1) is 6.92 Å². The van der Waals surface area contributed by atoms with Gasteiger partial charge in [-0.05, 0) is 145 Å². The van der Waals surface area contributed by atoms with Crippen molar-refractivity contribution in [3.63, 3.8) is 0 Å². The summed E-state index contributed by atoms with van der Waals surface area (Å²) in [5, 5.41) is 9.98. The number of nitrogens with zero attached hydrogens (tertiary/aromatic N) is 2. The normalized spacial score (nSPS) is 11.6. The lowest BCUT2D eigenvalue weighted by molar-refractivity contribution is 1.18. The second-order valence-corrected chi connectivity index (χ2v) is 16.6. The highest BCUT2D eigenvalue weighted by Crippen LogP contribution is 2.45. The van der Waals surface area contributed by atoms with Crippen LogP contribution in [0.3, 0.4) is 0 Å². The van der Waals surface area contributed by atoms with Gasteiger partial charge in [0.15, 0.2) is 0 Å². The van der Waals surface area contributed by atoms with E-state index in [9.17, 15) is 0 Å². The van der Waals surface area contributed by atoms with Crippen LogP contribution in [-0.2, 0) is 0 Å². The summed E-state index contributed by atoms with van der Waals surface area (Å²) in [6, 6.07) is 86.6. The minimum Gasteiger partial charge on any atom is -0.310 e. The molecule has 11 aromatic carbocycles. The second kappa shape index (κ2) is 15.1. The molecule has 2 heteroatoms. The molecule has 63 heavy (non-hydrogen) atoms. The van der Waals surface area contributed by atoms with Crippen molar-refractivity contribution in [2.75, 3.05) is 4.90 Å². The van der Waals surface area contributed by atoms with Crippen LogP contribution in [0.4, 0.5) is 17.1 Å². The smallest absolute Gasteiger partial charge is 0.0542 e. The largest absolute Gasteiger partial charge is 0.310 e. The number of hydrogen-bond acceptors (Lipinski definition) is 1. The van der Waals surface area contributed by atoms with Gasteiger partial charge in [0.2, 0.25) is 0 Å². The van der Waals surface area contributed by atoms with Crippen LogP contribution in [0.5, 0.6) is 0 Å². The fourth-order valence-corrected chi connectivity index (χ4v) is 9.87. The van der Waals surface area contributed by atoms with Crippen LogP contribution in [-0.4, -0.2) is 4.57 Å². The molecule has 296 valence electrons. The van der Waals surface area contributed by atoms with Gasteiger partial charge in [-0.25, -0.2) is 0 Å². The third-order valence-electron chi connectivity index (χ3n) is 12.8. The molecule has 0 amide bonds. The quantitative estimate of drug-likeness (QED) is 0.146. The first kappa shape index (κ1) is 36.6. The van der Waals surface area contributed by atoms with Crippen LogP contribution in [0.15, 0.2) is 237 Å². The summed E-state index contributed by atoms with van der Waals surface area (Å²) >= 11 is 0. The SMILES string of the molecule is Cc1ccc2c(c1)c1cc(N(c3ccc(-c4ccc5ccccc5c4)cc3)c3ccc(-c4c5ccccc5c(-c5ccccc5)c5ccccc45)cc3)ccc1n2-c1ccccc1. The zero-order valence-corrected chi connectivity index (χ0v) is 34.9. The molecule has 2 nitrogen and oxygen atoms in total. The van der Waals surface area contributed by atoms with E-state index in [1.165, 1.54) is 93.1 Å². The number of benzene rings is 11. The molecule has 1 heterocycles. The third-order valence-corrected chi connectivity index (χ3v) is 12.8. The summed E-state index contributed by atoms with van der Waals surface area (Å²) in [5.74, 6) is 0. The lowest BCUT2D eigenvalue weighted by Crippen LogP contribution is -2.10. The van der Waals surface area contributed by atoms with Crippen LogP contribution in [0.2, 0.25) is 0 Å². The molecule has 0 spiro atoms. The lowest BCUT2D eigenvalue weighted by atomic mass is 9.86. The third kappa shape index (κ3) is 6.26. The number of anilines is 3. The van der Waals surface area contributed by atoms with Crippen molar-refractivity contribution in [1.82, 2.24) is 4.57 Å². The monoisotopic (exact) mass is 802 g/mol. The number of para-hydroxylation sites is 1. The van der Waals surface area contributed by atoms with Gasteiger partial charge in [-0.3, -0.25) is 0 Å². The highest BCUT2D eigenvalue weighted by atomic mass is 15.1. The molecular formula is C61H42N2. The Morgan fingerprint density at radius 3 is 1.38 bits per heavy atom. The predicted octanol–water partition coefficient (Wildman–Crippen LogP) is 17.0. The molecule has 1 aromatic heterocycles. The van der Waals surface area contributed by atoms with E-state index < -0.39 is 0 Å². The average Bonchev–Trinajstić information content (AvgIpc) is 3.67. The zero-order valence-electron chi connectivity index (χ0n) is 34.9. The Morgan fingerprint density at radius 1 is 0.302 bits per heavy atom. The molecule has 0 aliphatic rings. The van der Waals surface area contributed by atoms with Crippen LogP contribution in [0.1, 0.15) is 5.56 Å². The zero-order chi connectivity index (χ0) is 41.9. The molecule has 0 aliphatic heterocycles. The summed E-state index contributed by atoms with van der Waals surface area (Å²) in [6.45, 7) is 2.18. The molecule has 0 radical (unpaired) electrons. The number of aromatic nitrogens is 1. The van der Waals surface area contributed by atoms with Crippen molar-refractivity contribution in [3.8, 4) is 39.1 Å². The predicted molar refractivity (Wildman–Crippen MR) is 269 cm³/mol. The molecule has 0 aliphatic carbocycles. The highest BCUT2D eigenvalue weighted by Gasteiger charge is 2.20. The highest BCUT2D eigenvalue weighted by molar-refractivity contribution is 6.21.